The number of ether oxygens (including phenoxy) is 7. The Kier molecular flexibility index (Phi) is 26.1. The highest BCUT2D eigenvalue weighted by Crippen LogP contribution is 2.39. The minimum Gasteiger partial charge on any atom is -0.478 e. The number of rotatable bonds is 33. The third-order valence-corrected chi connectivity index (χ3v) is 14.7. The van der Waals surface area contributed by atoms with Gasteiger partial charge in [-0.05, 0) is 131 Å². The average Bonchev–Trinajstić information content (AvgIpc) is 3.50. The van der Waals surface area contributed by atoms with E-state index in [1.165, 1.54) is 20.2 Å². The minimum absolute atomic E-state index is 0.0372. The molecular formula is C55H93N3O15. The molecule has 0 saturated carbocycles. The fourth-order valence-corrected chi connectivity index (χ4v) is 9.83. The number of carboxylic acid groups (broad SMARTS) is 1. The van der Waals surface area contributed by atoms with Crippen LogP contribution in [0.3, 0.4) is 0 Å². The summed E-state index contributed by atoms with van der Waals surface area (Å²) in [5.41, 5.74) is -0.678. The van der Waals surface area contributed by atoms with Gasteiger partial charge in [0.2, 0.25) is 0 Å². The van der Waals surface area contributed by atoms with Crippen LogP contribution in [0.25, 0.3) is 0 Å². The first-order valence-corrected chi connectivity index (χ1v) is 26.6. The monoisotopic (exact) mass is 1040 g/mol. The lowest BCUT2D eigenvalue weighted by atomic mass is 9.78. The number of carboxylic acids is 1. The van der Waals surface area contributed by atoms with Gasteiger partial charge in [0.05, 0.1) is 59.4 Å². The predicted octanol–water partition coefficient (Wildman–Crippen LogP) is 6.73. The number of ketones is 1. The second-order valence-corrected chi connectivity index (χ2v) is 21.2. The molecule has 0 amide bonds. The van der Waals surface area contributed by atoms with E-state index in [0.29, 0.717) is 37.1 Å². The molecule has 0 bridgehead atoms. The van der Waals surface area contributed by atoms with Crippen LogP contribution in [0.4, 0.5) is 5.69 Å². The van der Waals surface area contributed by atoms with Gasteiger partial charge < -0.3 is 63.3 Å². The number of fused-ring (bicyclic) bond motifs is 1. The molecule has 1 fully saturated rings. The number of aliphatic hydroxyl groups excluding tert-OH is 2. The Morgan fingerprint density at radius 2 is 1.64 bits per heavy atom. The quantitative estimate of drug-likeness (QED) is 0.0248. The molecule has 1 aromatic rings. The van der Waals surface area contributed by atoms with E-state index in [4.69, 9.17) is 33.2 Å². The molecule has 2 heterocycles. The Labute approximate surface area is 435 Å². The van der Waals surface area contributed by atoms with E-state index < -0.39 is 90.1 Å². The first kappa shape index (κ1) is 63.9. The van der Waals surface area contributed by atoms with E-state index in [1.807, 2.05) is 59.7 Å². The highest BCUT2D eigenvalue weighted by molar-refractivity contribution is 6.08. The molecule has 1 aromatic carbocycles. The number of hydrazine groups is 1. The Balaban J connectivity index is 1.74. The number of nitrogens with zero attached hydrogens (tertiary/aromatic N) is 3. The van der Waals surface area contributed by atoms with Gasteiger partial charge in [-0.1, -0.05) is 40.7 Å². The second-order valence-electron chi connectivity index (χ2n) is 21.2. The van der Waals surface area contributed by atoms with E-state index in [-0.39, 0.29) is 49.2 Å². The fourth-order valence-electron chi connectivity index (χ4n) is 9.83. The number of hydrogen-bond donors (Lipinski definition) is 4. The Morgan fingerprint density at radius 3 is 2.23 bits per heavy atom. The van der Waals surface area contributed by atoms with Gasteiger partial charge in [-0.3, -0.25) is 14.6 Å². The standard InChI is InChI=1S/C55H93N3O15/c1-16-46(62)55(11,66)47(17-2)71-52(65)37(7)49(36(6)50(54(10,67-15)31-34(4)33-59)73-53-44(60)25-22-35(5)69-53)72-48(18-3)70-39(9)38(8)68-28-20-27-57(14)26-19-21-40-23-24-43-42(29-40)45(61)30-41(51(63)64)32-58(43)56(12)13/h23-24,29,32-39,44,46-50,53,60,62,66H,16-22,25-28,30-31H2,1-15H3,(H,63,64)/t34-,35-,36+,37?,38-,39?,44?,46-,47-,48+,49+,50-,53+,54?,55+/m1/s1. The molecule has 0 aromatic heterocycles. The topological polar surface area (TPSA) is 224 Å². The van der Waals surface area contributed by atoms with Crippen molar-refractivity contribution in [2.75, 3.05) is 53.0 Å². The summed E-state index contributed by atoms with van der Waals surface area (Å²) in [6, 6.07) is 5.74. The van der Waals surface area contributed by atoms with Crippen molar-refractivity contribution in [3.8, 4) is 0 Å². The lowest BCUT2D eigenvalue weighted by molar-refractivity contribution is -0.300. The number of carbonyl (C=O) groups excluding carboxylic acids is 3. The van der Waals surface area contributed by atoms with E-state index in [2.05, 4.69) is 11.9 Å². The fraction of sp³-hybridized carbons (Fsp3) is 0.782. The molecule has 0 aliphatic carbocycles. The van der Waals surface area contributed by atoms with Crippen LogP contribution >= 0.6 is 0 Å². The van der Waals surface area contributed by atoms with Crippen LogP contribution in [0.1, 0.15) is 150 Å². The summed E-state index contributed by atoms with van der Waals surface area (Å²) in [6.45, 7) is 21.8. The average molecular weight is 1040 g/mol. The molecule has 3 rings (SSSR count). The molecule has 18 nitrogen and oxygen atoms in total. The van der Waals surface area contributed by atoms with Crippen LogP contribution in [0.5, 0.6) is 0 Å². The van der Waals surface area contributed by atoms with Crippen LogP contribution in [0.15, 0.2) is 30.0 Å². The third-order valence-electron chi connectivity index (χ3n) is 14.7. The number of aryl methyl sites for hydroxylation is 1. The summed E-state index contributed by atoms with van der Waals surface area (Å²) >= 11 is 0. The van der Waals surface area contributed by atoms with E-state index >= 15 is 0 Å². The summed E-state index contributed by atoms with van der Waals surface area (Å²) in [6.07, 6.45) is -1.15. The van der Waals surface area contributed by atoms with Gasteiger partial charge in [0.15, 0.2) is 18.4 Å². The van der Waals surface area contributed by atoms with Crippen molar-refractivity contribution in [1.29, 1.82) is 0 Å². The molecule has 2 aliphatic heterocycles. The minimum atomic E-state index is -1.73. The van der Waals surface area contributed by atoms with Crippen molar-refractivity contribution in [2.24, 2.45) is 17.8 Å². The van der Waals surface area contributed by atoms with Crippen LogP contribution < -0.4 is 5.01 Å². The highest BCUT2D eigenvalue weighted by atomic mass is 16.7. The van der Waals surface area contributed by atoms with Crippen molar-refractivity contribution >= 4 is 29.7 Å². The first-order chi connectivity index (χ1) is 34.3. The molecular weight excluding hydrogens is 943 g/mol. The maximum absolute atomic E-state index is 14.3. The van der Waals surface area contributed by atoms with Crippen molar-refractivity contribution in [3.63, 3.8) is 0 Å². The lowest BCUT2D eigenvalue weighted by Crippen LogP contribution is -2.57. The Morgan fingerprint density at radius 1 is 0.973 bits per heavy atom. The van der Waals surface area contributed by atoms with Crippen molar-refractivity contribution in [1.82, 2.24) is 9.91 Å². The number of esters is 1. The molecule has 0 spiro atoms. The van der Waals surface area contributed by atoms with Gasteiger partial charge in [0.1, 0.15) is 24.1 Å². The first-order valence-electron chi connectivity index (χ1n) is 26.6. The van der Waals surface area contributed by atoms with Crippen LogP contribution in [0, 0.1) is 17.8 Å². The summed E-state index contributed by atoms with van der Waals surface area (Å²) in [4.78, 5) is 53.6. The molecule has 418 valence electrons. The number of carbonyl (C=O) groups is 4. The molecule has 2 aliphatic rings. The van der Waals surface area contributed by atoms with Gasteiger partial charge in [-0.2, -0.15) is 0 Å². The van der Waals surface area contributed by atoms with Gasteiger partial charge >= 0.3 is 11.9 Å². The third kappa shape index (κ3) is 18.1. The van der Waals surface area contributed by atoms with E-state index in [1.54, 1.807) is 51.8 Å². The zero-order valence-corrected chi connectivity index (χ0v) is 46.7. The van der Waals surface area contributed by atoms with Gasteiger partial charge in [-0.25, -0.2) is 9.80 Å². The molecule has 0 radical (unpaired) electrons. The SMILES string of the molecule is CC[C@@H](OC(C)[C@@H](C)OCCCN(C)CCCc1ccc2c(c1)C(=O)CC(C(=O)O)=CN2N(C)C)O[C@H](C(C)C(=O)O[C@H](CC)[C@@](C)(O)[C@H](O)CC)[C@H](C)[C@@H](O[C@@H]1O[C@H](C)CCC1O)C(C)(C[C@@H](C)C=O)OC. The number of Topliss-reactive ketones (excluding diaryl/α,β-unsaturated/α-hetero) is 1. The van der Waals surface area contributed by atoms with Crippen molar-refractivity contribution < 1.29 is 72.8 Å². The normalized spacial score (nSPS) is 23.3. The number of aldehydes is 1. The molecule has 18 heteroatoms. The maximum atomic E-state index is 14.3. The predicted molar refractivity (Wildman–Crippen MR) is 278 cm³/mol. The van der Waals surface area contributed by atoms with Crippen molar-refractivity contribution in [3.05, 3.63) is 41.1 Å². The number of anilines is 1. The van der Waals surface area contributed by atoms with Crippen LogP contribution in [0.2, 0.25) is 0 Å². The summed E-state index contributed by atoms with van der Waals surface area (Å²) in [5, 5.41) is 46.3. The van der Waals surface area contributed by atoms with Crippen LogP contribution in [-0.2, 0) is 54.0 Å². The molecule has 4 N–H and O–H groups in total. The highest BCUT2D eigenvalue weighted by Gasteiger charge is 2.49. The number of hydrogen-bond acceptors (Lipinski definition) is 17. The largest absolute Gasteiger partial charge is 0.478 e. The summed E-state index contributed by atoms with van der Waals surface area (Å²) in [7, 11) is 7.18. The lowest BCUT2D eigenvalue weighted by Gasteiger charge is -2.47. The van der Waals surface area contributed by atoms with Gasteiger partial charge in [0.25, 0.3) is 0 Å². The van der Waals surface area contributed by atoms with E-state index in [0.717, 1.165) is 44.2 Å². The molecule has 15 atom stereocenters. The maximum Gasteiger partial charge on any atom is 0.333 e. The smallest absolute Gasteiger partial charge is 0.333 e. The molecule has 73 heavy (non-hydrogen) atoms. The van der Waals surface area contributed by atoms with Gasteiger partial charge in [0, 0.05) is 64.4 Å². The Bertz CT molecular complexity index is 1920. The number of aliphatic carboxylic acids is 1. The van der Waals surface area contributed by atoms with Crippen LogP contribution in [-0.4, -0.2) is 175 Å². The molecule has 1 saturated heterocycles. The molecule has 4 unspecified atom stereocenters. The van der Waals surface area contributed by atoms with Crippen molar-refractivity contribution in [2.45, 2.75) is 213 Å². The van der Waals surface area contributed by atoms with E-state index in [9.17, 15) is 39.6 Å². The number of aliphatic hydroxyl groups is 3. The van der Waals surface area contributed by atoms with Gasteiger partial charge in [-0.15, -0.1) is 0 Å². The number of methoxy groups -OCH3 is 1. The summed E-state index contributed by atoms with van der Waals surface area (Å²) < 4.78 is 44.8. The second kappa shape index (κ2) is 29.8. The Hall–Kier alpha value is -3.40. The summed E-state index contributed by atoms with van der Waals surface area (Å²) in [5.74, 6) is -4.13. The zero-order valence-electron chi connectivity index (χ0n) is 46.7. The number of benzene rings is 1. The zero-order chi connectivity index (χ0) is 55.0.